The predicted molar refractivity (Wildman–Crippen MR) is 122 cm³/mol. The van der Waals surface area contributed by atoms with Gasteiger partial charge in [-0.15, -0.1) is 0 Å². The summed E-state index contributed by atoms with van der Waals surface area (Å²) in [4.78, 5) is 15.9. The van der Waals surface area contributed by atoms with E-state index < -0.39 is 10.0 Å². The van der Waals surface area contributed by atoms with E-state index in [0.717, 1.165) is 38.6 Å². The van der Waals surface area contributed by atoms with Crippen LogP contribution in [0.15, 0.2) is 65.6 Å². The molecular formula is C25H32N2O3S. The summed E-state index contributed by atoms with van der Waals surface area (Å²) < 4.78 is 27.7. The van der Waals surface area contributed by atoms with E-state index in [0.29, 0.717) is 17.4 Å². The van der Waals surface area contributed by atoms with Crippen molar-refractivity contribution in [3.8, 4) is 0 Å². The van der Waals surface area contributed by atoms with Crippen molar-refractivity contribution in [2.75, 3.05) is 19.6 Å². The maximum absolute atomic E-state index is 13.6. The monoisotopic (exact) mass is 440 g/mol. The van der Waals surface area contributed by atoms with Gasteiger partial charge in [-0.05, 0) is 49.8 Å². The van der Waals surface area contributed by atoms with Gasteiger partial charge in [0, 0.05) is 31.6 Å². The van der Waals surface area contributed by atoms with Crippen LogP contribution in [-0.4, -0.2) is 49.2 Å². The minimum atomic E-state index is -3.57. The molecule has 1 amide bonds. The molecule has 3 atom stereocenters. The summed E-state index contributed by atoms with van der Waals surface area (Å²) in [5.74, 6) is 0.186. The Labute approximate surface area is 186 Å². The third-order valence-corrected chi connectivity index (χ3v) is 8.71. The normalized spacial score (nSPS) is 23.6. The third kappa shape index (κ3) is 4.55. The van der Waals surface area contributed by atoms with E-state index >= 15 is 0 Å². The van der Waals surface area contributed by atoms with Crippen LogP contribution in [0, 0.1) is 5.92 Å². The molecule has 0 N–H and O–H groups in total. The summed E-state index contributed by atoms with van der Waals surface area (Å²) in [5, 5.41) is 0. The van der Waals surface area contributed by atoms with Gasteiger partial charge >= 0.3 is 0 Å². The molecule has 2 fully saturated rings. The molecule has 0 aromatic heterocycles. The molecule has 166 valence electrons. The van der Waals surface area contributed by atoms with Crippen LogP contribution in [-0.2, 0) is 14.8 Å². The second kappa shape index (κ2) is 9.53. The van der Waals surface area contributed by atoms with Crippen molar-refractivity contribution in [2.24, 2.45) is 5.92 Å². The van der Waals surface area contributed by atoms with Crippen molar-refractivity contribution in [3.63, 3.8) is 0 Å². The van der Waals surface area contributed by atoms with Gasteiger partial charge in [0.15, 0.2) is 0 Å². The number of amides is 1. The molecule has 4 rings (SSSR count). The Morgan fingerprint density at radius 2 is 1.61 bits per heavy atom. The first-order valence-corrected chi connectivity index (χ1v) is 12.9. The lowest BCUT2D eigenvalue weighted by atomic mass is 9.87. The van der Waals surface area contributed by atoms with Gasteiger partial charge in [-0.1, -0.05) is 55.5 Å². The van der Waals surface area contributed by atoms with Crippen LogP contribution in [0.25, 0.3) is 0 Å². The molecule has 6 heteroatoms. The molecule has 0 aliphatic carbocycles. The number of hydrogen-bond acceptors (Lipinski definition) is 3. The van der Waals surface area contributed by atoms with E-state index in [1.807, 2.05) is 12.1 Å². The first-order valence-electron chi connectivity index (χ1n) is 11.4. The van der Waals surface area contributed by atoms with E-state index in [1.54, 1.807) is 24.3 Å². The molecule has 0 bridgehead atoms. The number of piperidine rings is 1. The number of rotatable bonds is 6. The van der Waals surface area contributed by atoms with Gasteiger partial charge in [-0.2, -0.15) is 4.31 Å². The molecule has 2 saturated heterocycles. The highest BCUT2D eigenvalue weighted by atomic mass is 32.2. The molecule has 2 heterocycles. The fourth-order valence-electron chi connectivity index (χ4n) is 5.25. The number of carbonyl (C=O) groups excluding carboxylic acids is 1. The number of nitrogens with zero attached hydrogens (tertiary/aromatic N) is 2. The predicted octanol–water partition coefficient (Wildman–Crippen LogP) is 4.27. The zero-order valence-electron chi connectivity index (χ0n) is 18.2. The van der Waals surface area contributed by atoms with E-state index in [9.17, 15) is 13.2 Å². The molecule has 2 aromatic rings. The molecule has 2 aliphatic heterocycles. The smallest absolute Gasteiger partial charge is 0.243 e. The van der Waals surface area contributed by atoms with Crippen molar-refractivity contribution >= 4 is 15.9 Å². The number of likely N-dealkylation sites (tertiary alicyclic amines) is 1. The molecule has 2 aromatic carbocycles. The fraction of sp³-hybridized carbons (Fsp3) is 0.480. The van der Waals surface area contributed by atoms with Crippen molar-refractivity contribution in [3.05, 3.63) is 66.2 Å². The largest absolute Gasteiger partial charge is 0.339 e. The van der Waals surface area contributed by atoms with Crippen LogP contribution in [0.4, 0.5) is 0 Å². The van der Waals surface area contributed by atoms with E-state index in [-0.39, 0.29) is 24.4 Å². The summed E-state index contributed by atoms with van der Waals surface area (Å²) in [6.45, 7) is 3.72. The van der Waals surface area contributed by atoms with Gasteiger partial charge in [-0.25, -0.2) is 8.42 Å². The Morgan fingerprint density at radius 1 is 0.968 bits per heavy atom. The fourth-order valence-corrected chi connectivity index (χ4v) is 6.80. The van der Waals surface area contributed by atoms with Crippen molar-refractivity contribution in [1.29, 1.82) is 0 Å². The topological polar surface area (TPSA) is 57.7 Å². The lowest BCUT2D eigenvalue weighted by Gasteiger charge is -2.37. The lowest BCUT2D eigenvalue weighted by Crippen LogP contribution is -2.48. The molecule has 0 radical (unpaired) electrons. The zero-order chi connectivity index (χ0) is 21.8. The van der Waals surface area contributed by atoms with Crippen LogP contribution in [0.3, 0.4) is 0 Å². The lowest BCUT2D eigenvalue weighted by molar-refractivity contribution is -0.138. The standard InChI is InChI=1S/C25H32N2O3S/c1-2-23(20-11-5-3-6-12-20)24-16-10-18-27(24)25(28)21-13-9-17-26(19-21)31(29,30)22-14-7-4-8-15-22/h3-8,11-12,14-15,21,23-24H,2,9-10,13,16-19H2,1H3/t21-,23+,24+/m0/s1. The Balaban J connectivity index is 1.51. The van der Waals surface area contributed by atoms with Gasteiger partial charge in [0.05, 0.1) is 10.8 Å². The molecule has 2 aliphatic rings. The molecule has 0 saturated carbocycles. The van der Waals surface area contributed by atoms with Gasteiger partial charge in [0.2, 0.25) is 15.9 Å². The summed E-state index contributed by atoms with van der Waals surface area (Å²) in [6, 6.07) is 19.2. The first kappa shape index (κ1) is 22.0. The minimum Gasteiger partial charge on any atom is -0.339 e. The first-order chi connectivity index (χ1) is 15.0. The van der Waals surface area contributed by atoms with E-state index in [2.05, 4.69) is 36.1 Å². The van der Waals surface area contributed by atoms with Crippen molar-refractivity contribution in [2.45, 2.75) is 55.9 Å². The second-order valence-corrected chi connectivity index (χ2v) is 10.6. The minimum absolute atomic E-state index is 0.129. The van der Waals surface area contributed by atoms with Gasteiger partial charge in [0.1, 0.15) is 0 Å². The van der Waals surface area contributed by atoms with Crippen molar-refractivity contribution < 1.29 is 13.2 Å². The average Bonchev–Trinajstić information content (AvgIpc) is 3.30. The number of carbonyl (C=O) groups is 1. The summed E-state index contributed by atoms with van der Waals surface area (Å²) >= 11 is 0. The van der Waals surface area contributed by atoms with E-state index in [4.69, 9.17) is 0 Å². The summed E-state index contributed by atoms with van der Waals surface area (Å²) in [7, 11) is -3.57. The molecule has 0 spiro atoms. The average molecular weight is 441 g/mol. The van der Waals surface area contributed by atoms with Crippen LogP contribution in [0.5, 0.6) is 0 Å². The van der Waals surface area contributed by atoms with Crippen molar-refractivity contribution in [1.82, 2.24) is 9.21 Å². The van der Waals surface area contributed by atoms with Crippen LogP contribution in [0.2, 0.25) is 0 Å². The second-order valence-electron chi connectivity index (χ2n) is 8.68. The summed E-state index contributed by atoms with van der Waals surface area (Å²) in [6.07, 6.45) is 4.48. The van der Waals surface area contributed by atoms with Gasteiger partial charge in [0.25, 0.3) is 0 Å². The third-order valence-electron chi connectivity index (χ3n) is 6.83. The van der Waals surface area contributed by atoms with Crippen LogP contribution < -0.4 is 0 Å². The molecule has 31 heavy (non-hydrogen) atoms. The highest BCUT2D eigenvalue weighted by Gasteiger charge is 2.40. The maximum atomic E-state index is 13.6. The van der Waals surface area contributed by atoms with Crippen LogP contribution in [0.1, 0.15) is 50.5 Å². The highest BCUT2D eigenvalue weighted by Crippen LogP contribution is 2.35. The molecule has 5 nitrogen and oxygen atoms in total. The zero-order valence-corrected chi connectivity index (χ0v) is 19.0. The quantitative estimate of drug-likeness (QED) is 0.674. The SMILES string of the molecule is CC[C@H](c1ccccc1)[C@H]1CCCN1C(=O)[C@H]1CCCN(S(=O)(=O)c2ccccc2)C1. The number of sulfonamides is 1. The highest BCUT2D eigenvalue weighted by molar-refractivity contribution is 7.89. The van der Waals surface area contributed by atoms with E-state index in [1.165, 1.54) is 9.87 Å². The Hall–Kier alpha value is -2.18. The van der Waals surface area contributed by atoms with Crippen LogP contribution >= 0.6 is 0 Å². The molecule has 0 unspecified atom stereocenters. The molecular weight excluding hydrogens is 408 g/mol. The maximum Gasteiger partial charge on any atom is 0.243 e. The number of benzene rings is 2. The Kier molecular flexibility index (Phi) is 6.77. The Bertz CT molecular complexity index is 978. The Morgan fingerprint density at radius 3 is 2.29 bits per heavy atom. The summed E-state index contributed by atoms with van der Waals surface area (Å²) in [5.41, 5.74) is 1.28. The van der Waals surface area contributed by atoms with Gasteiger partial charge < -0.3 is 4.90 Å². The number of hydrogen-bond donors (Lipinski definition) is 0. The van der Waals surface area contributed by atoms with Gasteiger partial charge in [-0.3, -0.25) is 4.79 Å².